The molecule has 1 aliphatic rings. The highest BCUT2D eigenvalue weighted by Gasteiger charge is 2.31. The lowest BCUT2D eigenvalue weighted by Crippen LogP contribution is -2.39. The lowest BCUT2D eigenvalue weighted by molar-refractivity contribution is -0.274. The molecule has 0 saturated carbocycles. The predicted octanol–water partition coefficient (Wildman–Crippen LogP) is 3.65. The first-order valence-corrected chi connectivity index (χ1v) is 10.1. The van der Waals surface area contributed by atoms with Gasteiger partial charge in [0.15, 0.2) is 0 Å². The van der Waals surface area contributed by atoms with Crippen molar-refractivity contribution in [2.45, 2.75) is 25.3 Å². The fourth-order valence-electron chi connectivity index (χ4n) is 3.57. The first-order valence-electron chi connectivity index (χ1n) is 10.1. The van der Waals surface area contributed by atoms with Crippen molar-refractivity contribution in [3.63, 3.8) is 0 Å². The summed E-state index contributed by atoms with van der Waals surface area (Å²) in [5, 5.41) is 12.7. The topological polar surface area (TPSA) is 100 Å². The zero-order chi connectivity index (χ0) is 23.4. The van der Waals surface area contributed by atoms with Gasteiger partial charge in [-0.05, 0) is 43.2 Å². The Labute approximate surface area is 187 Å². The third-order valence-electron chi connectivity index (χ3n) is 5.04. The number of benzene rings is 1. The maximum atomic E-state index is 12.8. The molecule has 3 aromatic rings. The van der Waals surface area contributed by atoms with Crippen LogP contribution in [-0.2, 0) is 0 Å². The van der Waals surface area contributed by atoms with Gasteiger partial charge in [0, 0.05) is 48.5 Å². The van der Waals surface area contributed by atoms with Crippen LogP contribution < -0.4 is 15.0 Å². The summed E-state index contributed by atoms with van der Waals surface area (Å²) in [6.45, 7) is 1.13. The van der Waals surface area contributed by atoms with Crippen LogP contribution in [0.5, 0.6) is 5.75 Å². The molecule has 8 nitrogen and oxygen atoms in total. The Morgan fingerprint density at radius 2 is 1.88 bits per heavy atom. The number of anilines is 2. The highest BCUT2D eigenvalue weighted by atomic mass is 19.4. The van der Waals surface area contributed by atoms with Crippen LogP contribution in [0.15, 0.2) is 55.2 Å². The van der Waals surface area contributed by atoms with E-state index in [-0.39, 0.29) is 11.3 Å². The number of pyridine rings is 1. The number of aliphatic hydroxyl groups excluding tert-OH is 1. The summed E-state index contributed by atoms with van der Waals surface area (Å²) in [4.78, 5) is 27.3. The molecule has 3 heterocycles. The first-order chi connectivity index (χ1) is 15.8. The van der Waals surface area contributed by atoms with Crippen LogP contribution in [0.2, 0.25) is 0 Å². The molecule has 1 saturated heterocycles. The molecule has 1 unspecified atom stereocenters. The fourth-order valence-corrected chi connectivity index (χ4v) is 3.57. The number of β-amino-alcohol motifs (C(OH)–C–C–N with tert-alkyl or cyclic N) is 1. The Kier molecular flexibility index (Phi) is 6.40. The number of rotatable bonds is 5. The molecule has 2 aromatic heterocycles. The number of alkyl halides is 3. The maximum absolute atomic E-state index is 12.8. The molecule has 0 bridgehead atoms. The number of amides is 1. The highest BCUT2D eigenvalue weighted by molar-refractivity contribution is 6.05. The number of aliphatic hydroxyl groups is 1. The molecular weight excluding hydrogens is 439 g/mol. The molecule has 1 atom stereocenters. The third-order valence-corrected chi connectivity index (χ3v) is 5.04. The summed E-state index contributed by atoms with van der Waals surface area (Å²) in [5.74, 6) is -0.273. The van der Waals surface area contributed by atoms with Gasteiger partial charge in [0.1, 0.15) is 17.9 Å². The molecule has 1 amide bonds. The van der Waals surface area contributed by atoms with E-state index >= 15 is 0 Å². The first kappa shape index (κ1) is 22.5. The van der Waals surface area contributed by atoms with Gasteiger partial charge >= 0.3 is 6.36 Å². The van der Waals surface area contributed by atoms with Crippen LogP contribution in [0.3, 0.4) is 0 Å². The van der Waals surface area contributed by atoms with Gasteiger partial charge < -0.3 is 20.1 Å². The summed E-state index contributed by atoms with van der Waals surface area (Å²) < 4.78 is 40.8. The Morgan fingerprint density at radius 3 is 2.55 bits per heavy atom. The van der Waals surface area contributed by atoms with E-state index in [9.17, 15) is 23.1 Å². The molecule has 4 rings (SSSR count). The van der Waals surface area contributed by atoms with E-state index in [0.29, 0.717) is 42.1 Å². The van der Waals surface area contributed by atoms with E-state index in [1.807, 2.05) is 4.90 Å². The number of hydrogen-bond acceptors (Lipinski definition) is 7. The number of nitrogens with one attached hydrogen (secondary N) is 1. The predicted molar refractivity (Wildman–Crippen MR) is 114 cm³/mol. The summed E-state index contributed by atoms with van der Waals surface area (Å²) in [5.41, 5.74) is 1.82. The number of nitrogens with zero attached hydrogens (tertiary/aromatic N) is 4. The van der Waals surface area contributed by atoms with Gasteiger partial charge in [0.2, 0.25) is 0 Å². The quantitative estimate of drug-likeness (QED) is 0.601. The standard InChI is InChI=1S/C22H20F3N5O3/c23-22(24,25)33-18-5-3-16(4-6-18)29-21(32)14-8-19(15-9-26-13-27-10-15)20(28-11-14)30-7-1-2-17(31)12-30/h3-6,8-11,13,17,31H,1-2,7,12H2,(H,29,32). The molecule has 2 N–H and O–H groups in total. The Hall–Kier alpha value is -3.73. The van der Waals surface area contributed by atoms with E-state index in [0.717, 1.165) is 18.6 Å². The smallest absolute Gasteiger partial charge is 0.406 e. The second-order valence-corrected chi connectivity index (χ2v) is 7.49. The average Bonchev–Trinajstić information content (AvgIpc) is 2.79. The zero-order valence-corrected chi connectivity index (χ0v) is 17.3. The summed E-state index contributed by atoms with van der Waals surface area (Å²) in [6, 6.07) is 6.49. The molecule has 11 heteroatoms. The minimum atomic E-state index is -4.79. The summed E-state index contributed by atoms with van der Waals surface area (Å²) >= 11 is 0. The molecule has 1 fully saturated rings. The minimum absolute atomic E-state index is 0.241. The minimum Gasteiger partial charge on any atom is -0.406 e. The normalized spacial score (nSPS) is 16.4. The van der Waals surface area contributed by atoms with Crippen molar-refractivity contribution in [2.75, 3.05) is 23.3 Å². The fraction of sp³-hybridized carbons (Fsp3) is 0.273. The van der Waals surface area contributed by atoms with Crippen LogP contribution >= 0.6 is 0 Å². The number of carbonyl (C=O) groups excluding carboxylic acids is 1. The van der Waals surface area contributed by atoms with Crippen LogP contribution in [0.25, 0.3) is 11.1 Å². The Balaban J connectivity index is 1.58. The van der Waals surface area contributed by atoms with Crippen LogP contribution in [0.4, 0.5) is 24.7 Å². The molecular formula is C22H20F3N5O3. The van der Waals surface area contributed by atoms with Gasteiger partial charge in [-0.25, -0.2) is 15.0 Å². The van der Waals surface area contributed by atoms with E-state index in [1.165, 1.54) is 24.7 Å². The summed E-state index contributed by atoms with van der Waals surface area (Å²) in [6.07, 6.45) is 2.29. The van der Waals surface area contributed by atoms with Crippen molar-refractivity contribution in [1.82, 2.24) is 15.0 Å². The molecule has 0 aliphatic carbocycles. The van der Waals surface area contributed by atoms with Crippen molar-refractivity contribution in [3.8, 4) is 16.9 Å². The van der Waals surface area contributed by atoms with Gasteiger partial charge in [-0.15, -0.1) is 13.2 Å². The second kappa shape index (κ2) is 9.41. The van der Waals surface area contributed by atoms with Crippen molar-refractivity contribution in [2.24, 2.45) is 0 Å². The van der Waals surface area contributed by atoms with Crippen LogP contribution in [-0.4, -0.2) is 51.5 Å². The number of piperidine rings is 1. The average molecular weight is 459 g/mol. The number of aromatic nitrogens is 3. The lowest BCUT2D eigenvalue weighted by Gasteiger charge is -2.32. The lowest BCUT2D eigenvalue weighted by atomic mass is 10.0. The number of halogens is 3. The Bertz CT molecular complexity index is 1110. The Morgan fingerprint density at radius 1 is 1.15 bits per heavy atom. The zero-order valence-electron chi connectivity index (χ0n) is 17.3. The van der Waals surface area contributed by atoms with E-state index in [4.69, 9.17) is 0 Å². The molecule has 0 radical (unpaired) electrons. The number of ether oxygens (including phenoxy) is 1. The van der Waals surface area contributed by atoms with Gasteiger partial charge in [-0.2, -0.15) is 0 Å². The van der Waals surface area contributed by atoms with Crippen molar-refractivity contribution in [3.05, 3.63) is 60.8 Å². The number of carbonyl (C=O) groups is 1. The van der Waals surface area contributed by atoms with E-state index in [1.54, 1.807) is 18.5 Å². The summed E-state index contributed by atoms with van der Waals surface area (Å²) in [7, 11) is 0. The number of hydrogen-bond donors (Lipinski definition) is 2. The molecule has 33 heavy (non-hydrogen) atoms. The van der Waals surface area contributed by atoms with Crippen molar-refractivity contribution in [1.29, 1.82) is 0 Å². The molecule has 1 aliphatic heterocycles. The second-order valence-electron chi connectivity index (χ2n) is 7.49. The third kappa shape index (κ3) is 5.75. The van der Waals surface area contributed by atoms with E-state index in [2.05, 4.69) is 25.0 Å². The molecule has 172 valence electrons. The van der Waals surface area contributed by atoms with Gasteiger partial charge in [0.25, 0.3) is 5.91 Å². The SMILES string of the molecule is O=C(Nc1ccc(OC(F)(F)F)cc1)c1cnc(N2CCCC(O)C2)c(-c2cncnc2)c1. The largest absolute Gasteiger partial charge is 0.573 e. The molecule has 0 spiro atoms. The molecule has 1 aromatic carbocycles. The maximum Gasteiger partial charge on any atom is 0.573 e. The van der Waals surface area contributed by atoms with Gasteiger partial charge in [-0.3, -0.25) is 4.79 Å². The van der Waals surface area contributed by atoms with Crippen molar-refractivity contribution >= 4 is 17.4 Å². The monoisotopic (exact) mass is 459 g/mol. The highest BCUT2D eigenvalue weighted by Crippen LogP contribution is 2.31. The van der Waals surface area contributed by atoms with E-state index < -0.39 is 18.4 Å². The van der Waals surface area contributed by atoms with Crippen LogP contribution in [0, 0.1) is 0 Å². The van der Waals surface area contributed by atoms with Crippen LogP contribution in [0.1, 0.15) is 23.2 Å². The van der Waals surface area contributed by atoms with Gasteiger partial charge in [0.05, 0.1) is 11.7 Å². The van der Waals surface area contributed by atoms with Gasteiger partial charge in [-0.1, -0.05) is 0 Å². The van der Waals surface area contributed by atoms with Crippen molar-refractivity contribution < 1.29 is 27.8 Å².